The van der Waals surface area contributed by atoms with Crippen LogP contribution in [0.2, 0.25) is 0 Å². The maximum Gasteiger partial charge on any atom is 0.175 e. The molecule has 2 aromatic carbocycles. The predicted octanol–water partition coefficient (Wildman–Crippen LogP) is 4.97. The molecule has 0 unspecified atom stereocenters. The molecule has 0 aliphatic heterocycles. The van der Waals surface area contributed by atoms with E-state index in [1.165, 1.54) is 11.1 Å². The van der Waals surface area contributed by atoms with Gasteiger partial charge in [0.15, 0.2) is 5.11 Å². The van der Waals surface area contributed by atoms with Gasteiger partial charge >= 0.3 is 0 Å². The van der Waals surface area contributed by atoms with Crippen molar-refractivity contribution in [1.29, 1.82) is 0 Å². The van der Waals surface area contributed by atoms with Gasteiger partial charge < -0.3 is 10.6 Å². The number of benzene rings is 2. The maximum atomic E-state index is 5.49. The highest BCUT2D eigenvalue weighted by Crippen LogP contribution is 2.21. The molecule has 2 N–H and O–H groups in total. The summed E-state index contributed by atoms with van der Waals surface area (Å²) in [5.74, 6) is 0. The highest BCUT2D eigenvalue weighted by molar-refractivity contribution is 7.80. The van der Waals surface area contributed by atoms with Crippen LogP contribution in [0.1, 0.15) is 28.1 Å². The molecule has 0 spiro atoms. The van der Waals surface area contributed by atoms with Crippen molar-refractivity contribution in [3.63, 3.8) is 0 Å². The zero-order chi connectivity index (χ0) is 18.7. The lowest BCUT2D eigenvalue weighted by Crippen LogP contribution is -2.20. The molecule has 0 aliphatic rings. The molecule has 0 amide bonds. The van der Waals surface area contributed by atoms with Crippen LogP contribution in [-0.2, 0) is 6.54 Å². The van der Waals surface area contributed by atoms with Crippen molar-refractivity contribution in [3.8, 4) is 0 Å². The van der Waals surface area contributed by atoms with E-state index in [-0.39, 0.29) is 0 Å². The minimum absolute atomic E-state index is 0.570. The Balaban J connectivity index is 1.74. The number of thiocarbonyl (C=S) groups is 1. The van der Waals surface area contributed by atoms with E-state index >= 15 is 0 Å². The van der Waals surface area contributed by atoms with Crippen LogP contribution in [0.25, 0.3) is 0 Å². The first-order valence-corrected chi connectivity index (χ1v) is 9.08. The van der Waals surface area contributed by atoms with Gasteiger partial charge in [-0.2, -0.15) is 5.10 Å². The van der Waals surface area contributed by atoms with E-state index in [0.717, 1.165) is 34.9 Å². The summed E-state index contributed by atoms with van der Waals surface area (Å²) >= 11 is 5.49. The van der Waals surface area contributed by atoms with Gasteiger partial charge in [-0.3, -0.25) is 4.68 Å². The highest BCUT2D eigenvalue weighted by atomic mass is 32.1. The number of hydrogen-bond donors (Lipinski definition) is 2. The van der Waals surface area contributed by atoms with Crippen molar-refractivity contribution < 1.29 is 0 Å². The topological polar surface area (TPSA) is 41.9 Å². The third kappa shape index (κ3) is 4.11. The lowest BCUT2D eigenvalue weighted by Gasteiger charge is -2.13. The van der Waals surface area contributed by atoms with Crippen molar-refractivity contribution in [2.75, 3.05) is 10.6 Å². The molecule has 1 aromatic heterocycles. The Morgan fingerprint density at radius 3 is 2.35 bits per heavy atom. The number of para-hydroxylation sites is 1. The SMILES string of the molecule is Cc1ccc(Cn2nc(C)c(NC(=S)Nc3ccccc3C)c2C)cc1. The van der Waals surface area contributed by atoms with Crippen molar-refractivity contribution in [3.05, 3.63) is 76.6 Å². The number of aryl methyl sites for hydroxylation is 3. The van der Waals surface area contributed by atoms with Gasteiger partial charge in [0.05, 0.1) is 23.6 Å². The average Bonchev–Trinajstić information content (AvgIpc) is 2.86. The van der Waals surface area contributed by atoms with Crippen LogP contribution < -0.4 is 10.6 Å². The molecule has 26 heavy (non-hydrogen) atoms. The lowest BCUT2D eigenvalue weighted by atomic mass is 10.1. The summed E-state index contributed by atoms with van der Waals surface area (Å²) in [6, 6.07) is 16.6. The zero-order valence-corrected chi connectivity index (χ0v) is 16.4. The Labute approximate surface area is 160 Å². The first-order chi connectivity index (χ1) is 12.4. The van der Waals surface area contributed by atoms with Crippen LogP contribution in [-0.4, -0.2) is 14.9 Å². The van der Waals surface area contributed by atoms with Gasteiger partial charge in [0.1, 0.15) is 0 Å². The third-order valence-corrected chi connectivity index (χ3v) is 4.67. The molecule has 0 saturated carbocycles. The van der Waals surface area contributed by atoms with Gasteiger partial charge in [0.2, 0.25) is 0 Å². The molecule has 0 fully saturated rings. The van der Waals surface area contributed by atoms with Crippen LogP contribution in [0.3, 0.4) is 0 Å². The second kappa shape index (κ2) is 7.70. The predicted molar refractivity (Wildman–Crippen MR) is 113 cm³/mol. The molecular formula is C21H24N4S. The van der Waals surface area contributed by atoms with Crippen molar-refractivity contribution in [1.82, 2.24) is 9.78 Å². The molecule has 0 radical (unpaired) electrons. The van der Waals surface area contributed by atoms with Crippen LogP contribution in [0, 0.1) is 27.7 Å². The number of nitrogens with one attached hydrogen (secondary N) is 2. The van der Waals surface area contributed by atoms with Crippen molar-refractivity contribution in [2.24, 2.45) is 0 Å². The first-order valence-electron chi connectivity index (χ1n) is 8.67. The number of rotatable bonds is 4. The highest BCUT2D eigenvalue weighted by Gasteiger charge is 2.13. The summed E-state index contributed by atoms with van der Waals surface area (Å²) in [5.41, 5.74) is 7.61. The van der Waals surface area contributed by atoms with Crippen LogP contribution >= 0.6 is 12.2 Å². The van der Waals surface area contributed by atoms with Crippen molar-refractivity contribution >= 4 is 28.7 Å². The van der Waals surface area contributed by atoms with E-state index in [0.29, 0.717) is 5.11 Å². The van der Waals surface area contributed by atoms with Gasteiger partial charge in [-0.25, -0.2) is 0 Å². The van der Waals surface area contributed by atoms with Crippen LogP contribution in [0.15, 0.2) is 48.5 Å². The van der Waals surface area contributed by atoms with E-state index in [2.05, 4.69) is 66.8 Å². The summed E-state index contributed by atoms with van der Waals surface area (Å²) < 4.78 is 2.01. The molecule has 3 rings (SSSR count). The molecule has 5 heteroatoms. The molecule has 0 aliphatic carbocycles. The first kappa shape index (κ1) is 18.1. The standard InChI is InChI=1S/C21H24N4S/c1-14-9-11-18(12-10-14)13-25-17(4)20(16(3)24-25)23-21(26)22-19-8-6-5-7-15(19)2/h5-12H,13H2,1-4H3,(H2,22,23,26). The van der Waals surface area contributed by atoms with E-state index in [1.807, 2.05) is 29.8 Å². The Hall–Kier alpha value is -2.66. The maximum absolute atomic E-state index is 5.49. The molecule has 0 bridgehead atoms. The van der Waals surface area contributed by atoms with Gasteiger partial charge in [-0.15, -0.1) is 0 Å². The van der Waals surface area contributed by atoms with E-state index in [1.54, 1.807) is 0 Å². The molecule has 0 saturated heterocycles. The summed E-state index contributed by atoms with van der Waals surface area (Å²) in [6.45, 7) is 8.95. The number of aromatic nitrogens is 2. The van der Waals surface area contributed by atoms with E-state index in [9.17, 15) is 0 Å². The van der Waals surface area contributed by atoms with Crippen LogP contribution in [0.5, 0.6) is 0 Å². The monoisotopic (exact) mass is 364 g/mol. The average molecular weight is 365 g/mol. The molecule has 1 heterocycles. The number of nitrogens with zero attached hydrogens (tertiary/aromatic N) is 2. The molecule has 0 atom stereocenters. The second-order valence-electron chi connectivity index (χ2n) is 6.58. The molecule has 134 valence electrons. The molecule has 3 aromatic rings. The Morgan fingerprint density at radius 2 is 1.65 bits per heavy atom. The normalized spacial score (nSPS) is 10.6. The van der Waals surface area contributed by atoms with Gasteiger partial charge in [-0.05, 0) is 57.1 Å². The minimum atomic E-state index is 0.570. The molecule has 4 nitrogen and oxygen atoms in total. The van der Waals surface area contributed by atoms with Crippen molar-refractivity contribution in [2.45, 2.75) is 34.2 Å². The quantitative estimate of drug-likeness (QED) is 0.641. The third-order valence-electron chi connectivity index (χ3n) is 4.47. The minimum Gasteiger partial charge on any atom is -0.332 e. The van der Waals surface area contributed by atoms with Gasteiger partial charge in [0, 0.05) is 5.69 Å². The lowest BCUT2D eigenvalue weighted by molar-refractivity contribution is 0.659. The van der Waals surface area contributed by atoms with Gasteiger partial charge in [0.25, 0.3) is 0 Å². The zero-order valence-electron chi connectivity index (χ0n) is 15.6. The fraction of sp³-hybridized carbons (Fsp3) is 0.238. The summed E-state index contributed by atoms with van der Waals surface area (Å²) in [5, 5.41) is 11.8. The molecular weight excluding hydrogens is 340 g/mol. The van der Waals surface area contributed by atoms with E-state index in [4.69, 9.17) is 12.2 Å². The second-order valence-corrected chi connectivity index (χ2v) is 6.99. The smallest absolute Gasteiger partial charge is 0.175 e. The van der Waals surface area contributed by atoms with E-state index < -0.39 is 0 Å². The summed E-state index contributed by atoms with van der Waals surface area (Å²) in [6.07, 6.45) is 0. The van der Waals surface area contributed by atoms with Gasteiger partial charge in [-0.1, -0.05) is 48.0 Å². The summed E-state index contributed by atoms with van der Waals surface area (Å²) in [7, 11) is 0. The Kier molecular flexibility index (Phi) is 5.38. The number of hydrogen-bond acceptors (Lipinski definition) is 2. The largest absolute Gasteiger partial charge is 0.332 e. The Bertz CT molecular complexity index is 926. The fourth-order valence-electron chi connectivity index (χ4n) is 2.88. The Morgan fingerprint density at radius 1 is 0.962 bits per heavy atom. The summed E-state index contributed by atoms with van der Waals surface area (Å²) in [4.78, 5) is 0. The number of anilines is 2. The van der Waals surface area contributed by atoms with Crippen LogP contribution in [0.4, 0.5) is 11.4 Å². The fourth-order valence-corrected chi connectivity index (χ4v) is 3.09.